The third-order valence-corrected chi connectivity index (χ3v) is 4.28. The van der Waals surface area contributed by atoms with E-state index in [9.17, 15) is 18.0 Å². The number of benzene rings is 3. The van der Waals surface area contributed by atoms with Gasteiger partial charge in [-0.05, 0) is 41.5 Å². The molecule has 0 bridgehead atoms. The van der Waals surface area contributed by atoms with Gasteiger partial charge in [0.25, 0.3) is 5.91 Å². The minimum absolute atomic E-state index is 0.125. The summed E-state index contributed by atoms with van der Waals surface area (Å²) in [5, 5.41) is 2.71. The second-order valence-corrected chi connectivity index (χ2v) is 6.16. The lowest BCUT2D eigenvalue weighted by atomic mass is 10.0. The first-order valence-corrected chi connectivity index (χ1v) is 8.56. The van der Waals surface area contributed by atoms with E-state index in [0.717, 1.165) is 23.3 Å². The molecule has 3 aromatic carbocycles. The molecule has 144 valence electrons. The number of hydrogen-bond acceptors (Lipinski definition) is 2. The van der Waals surface area contributed by atoms with Crippen molar-refractivity contribution in [2.24, 2.45) is 0 Å². The first kappa shape index (κ1) is 19.5. The Kier molecular flexibility index (Phi) is 5.68. The molecule has 0 atom stereocenters. The Labute approximate surface area is 160 Å². The fourth-order valence-corrected chi connectivity index (χ4v) is 2.78. The molecule has 3 nitrogen and oxygen atoms in total. The lowest BCUT2D eigenvalue weighted by molar-refractivity contribution is -0.137. The molecule has 0 saturated carbocycles. The maximum atomic E-state index is 12.6. The predicted molar refractivity (Wildman–Crippen MR) is 101 cm³/mol. The predicted octanol–water partition coefficient (Wildman–Crippen LogP) is 5.31. The highest BCUT2D eigenvalue weighted by molar-refractivity contribution is 5.95. The van der Waals surface area contributed by atoms with Gasteiger partial charge < -0.3 is 10.1 Å². The van der Waals surface area contributed by atoms with E-state index in [1.165, 1.54) is 19.2 Å². The average Bonchev–Trinajstić information content (AvgIpc) is 2.71. The summed E-state index contributed by atoms with van der Waals surface area (Å²) in [6.07, 6.45) is -4.38. The van der Waals surface area contributed by atoms with E-state index < -0.39 is 11.7 Å². The van der Waals surface area contributed by atoms with Crippen LogP contribution in [0.1, 0.15) is 21.5 Å². The maximum absolute atomic E-state index is 12.6. The zero-order valence-corrected chi connectivity index (χ0v) is 15.1. The van der Waals surface area contributed by atoms with Gasteiger partial charge in [-0.3, -0.25) is 4.79 Å². The molecule has 28 heavy (non-hydrogen) atoms. The number of amides is 1. The summed E-state index contributed by atoms with van der Waals surface area (Å²) in [6, 6.07) is 19.5. The van der Waals surface area contributed by atoms with Crippen LogP contribution in [0.5, 0.6) is 5.75 Å². The number of alkyl halides is 3. The van der Waals surface area contributed by atoms with Crippen LogP contribution in [0.25, 0.3) is 11.1 Å². The van der Waals surface area contributed by atoms with Crippen LogP contribution in [0.4, 0.5) is 13.2 Å². The zero-order chi connectivity index (χ0) is 20.1. The average molecular weight is 385 g/mol. The zero-order valence-electron chi connectivity index (χ0n) is 15.1. The second-order valence-electron chi connectivity index (χ2n) is 6.16. The molecule has 0 saturated heterocycles. The van der Waals surface area contributed by atoms with E-state index in [1.54, 1.807) is 18.2 Å². The molecule has 0 heterocycles. The van der Waals surface area contributed by atoms with Crippen LogP contribution in [0.2, 0.25) is 0 Å². The topological polar surface area (TPSA) is 38.3 Å². The normalized spacial score (nSPS) is 11.1. The number of carbonyl (C=O) groups is 1. The largest absolute Gasteiger partial charge is 0.496 e. The van der Waals surface area contributed by atoms with Crippen molar-refractivity contribution >= 4 is 5.91 Å². The summed E-state index contributed by atoms with van der Waals surface area (Å²) in [5.74, 6) is 0.228. The minimum atomic E-state index is -4.38. The van der Waals surface area contributed by atoms with E-state index >= 15 is 0 Å². The Balaban J connectivity index is 1.71. The highest BCUT2D eigenvalue weighted by Crippen LogP contribution is 2.31. The third kappa shape index (κ3) is 4.52. The number of nitrogens with one attached hydrogen (secondary N) is 1. The molecule has 3 rings (SSSR count). The van der Waals surface area contributed by atoms with Crippen LogP contribution in [0, 0.1) is 0 Å². The third-order valence-electron chi connectivity index (χ3n) is 4.28. The molecule has 0 aliphatic heterocycles. The first-order chi connectivity index (χ1) is 13.4. The van der Waals surface area contributed by atoms with Crippen molar-refractivity contribution in [2.75, 3.05) is 7.11 Å². The molecular weight excluding hydrogens is 367 g/mol. The van der Waals surface area contributed by atoms with Gasteiger partial charge in [0.05, 0.1) is 12.7 Å². The van der Waals surface area contributed by atoms with Crippen molar-refractivity contribution in [3.63, 3.8) is 0 Å². The number of hydrogen-bond donors (Lipinski definition) is 1. The molecule has 0 aliphatic rings. The number of ether oxygens (including phenoxy) is 1. The van der Waals surface area contributed by atoms with Gasteiger partial charge in [-0.1, -0.05) is 42.5 Å². The Bertz CT molecular complexity index is 952. The Morgan fingerprint density at radius 3 is 2.25 bits per heavy atom. The smallest absolute Gasteiger partial charge is 0.416 e. The number of carbonyl (C=O) groups excluding carboxylic acids is 1. The molecule has 1 N–H and O–H groups in total. The molecule has 0 fully saturated rings. The van der Waals surface area contributed by atoms with Crippen LogP contribution in [-0.4, -0.2) is 13.0 Å². The fourth-order valence-electron chi connectivity index (χ4n) is 2.78. The van der Waals surface area contributed by atoms with E-state index in [0.29, 0.717) is 16.9 Å². The Morgan fingerprint density at radius 1 is 0.964 bits per heavy atom. The van der Waals surface area contributed by atoms with Crippen molar-refractivity contribution in [3.8, 4) is 16.9 Å². The number of halogens is 3. The quantitative estimate of drug-likeness (QED) is 0.646. The highest BCUT2D eigenvalue weighted by atomic mass is 19.4. The van der Waals surface area contributed by atoms with E-state index in [-0.39, 0.29) is 12.5 Å². The summed E-state index contributed by atoms with van der Waals surface area (Å²) in [7, 11) is 1.53. The van der Waals surface area contributed by atoms with E-state index in [1.807, 2.05) is 30.3 Å². The van der Waals surface area contributed by atoms with Crippen LogP contribution in [-0.2, 0) is 12.7 Å². The van der Waals surface area contributed by atoms with E-state index in [4.69, 9.17) is 4.74 Å². The summed E-state index contributed by atoms with van der Waals surface area (Å²) < 4.78 is 43.2. The van der Waals surface area contributed by atoms with Gasteiger partial charge in [0, 0.05) is 17.7 Å². The molecule has 3 aromatic rings. The van der Waals surface area contributed by atoms with Crippen molar-refractivity contribution in [2.45, 2.75) is 12.7 Å². The molecule has 0 aromatic heterocycles. The van der Waals surface area contributed by atoms with Crippen molar-refractivity contribution in [1.29, 1.82) is 0 Å². The number of methoxy groups -OCH3 is 1. The van der Waals surface area contributed by atoms with Crippen LogP contribution in [0.15, 0.2) is 72.8 Å². The van der Waals surface area contributed by atoms with Gasteiger partial charge >= 0.3 is 6.18 Å². The summed E-state index contributed by atoms with van der Waals surface area (Å²) in [5.41, 5.74) is 2.10. The molecule has 1 amide bonds. The summed E-state index contributed by atoms with van der Waals surface area (Å²) >= 11 is 0. The molecule has 0 spiro atoms. The second kappa shape index (κ2) is 8.17. The summed E-state index contributed by atoms with van der Waals surface area (Å²) in [6.45, 7) is 0.125. The van der Waals surface area contributed by atoms with Gasteiger partial charge in [0.1, 0.15) is 5.75 Å². The molecule has 0 radical (unpaired) electrons. The van der Waals surface area contributed by atoms with Gasteiger partial charge in [-0.25, -0.2) is 0 Å². The van der Waals surface area contributed by atoms with Gasteiger partial charge in [-0.2, -0.15) is 13.2 Å². The van der Waals surface area contributed by atoms with Crippen molar-refractivity contribution in [3.05, 3.63) is 89.5 Å². The van der Waals surface area contributed by atoms with Crippen molar-refractivity contribution < 1.29 is 22.7 Å². The monoisotopic (exact) mass is 385 g/mol. The lowest BCUT2D eigenvalue weighted by Gasteiger charge is -2.12. The van der Waals surface area contributed by atoms with Gasteiger partial charge in [0.2, 0.25) is 0 Å². The minimum Gasteiger partial charge on any atom is -0.496 e. The van der Waals surface area contributed by atoms with Gasteiger partial charge in [0.15, 0.2) is 0 Å². The summed E-state index contributed by atoms with van der Waals surface area (Å²) in [4.78, 5) is 12.4. The van der Waals surface area contributed by atoms with Gasteiger partial charge in [-0.15, -0.1) is 0 Å². The SMILES string of the molecule is COc1cc(C(=O)NCc2ccc(C(F)(F)F)cc2)ccc1-c1ccccc1. The Hall–Kier alpha value is -3.28. The van der Waals surface area contributed by atoms with Crippen LogP contribution in [0.3, 0.4) is 0 Å². The van der Waals surface area contributed by atoms with Crippen molar-refractivity contribution in [1.82, 2.24) is 5.32 Å². The standard InChI is InChI=1S/C22H18F3NO2/c1-28-20-13-17(9-12-19(20)16-5-3-2-4-6-16)21(27)26-14-15-7-10-18(11-8-15)22(23,24)25/h2-13H,14H2,1H3,(H,26,27). The fraction of sp³-hybridized carbons (Fsp3) is 0.136. The van der Waals surface area contributed by atoms with Crippen LogP contribution >= 0.6 is 0 Å². The maximum Gasteiger partial charge on any atom is 0.416 e. The molecule has 0 aliphatic carbocycles. The lowest BCUT2D eigenvalue weighted by Crippen LogP contribution is -2.22. The highest BCUT2D eigenvalue weighted by Gasteiger charge is 2.29. The number of rotatable bonds is 5. The Morgan fingerprint density at radius 2 is 1.64 bits per heavy atom. The molecule has 0 unspecified atom stereocenters. The molecule has 6 heteroatoms. The van der Waals surface area contributed by atoms with Crippen LogP contribution < -0.4 is 10.1 Å². The first-order valence-electron chi connectivity index (χ1n) is 8.56. The van der Waals surface area contributed by atoms with E-state index in [2.05, 4.69) is 5.32 Å². The molecular formula is C22H18F3NO2.